The minimum absolute atomic E-state index is 0.0578. The maximum atomic E-state index is 11.8. The lowest BCUT2D eigenvalue weighted by Crippen LogP contribution is -2.53. The first kappa shape index (κ1) is 12.9. The van der Waals surface area contributed by atoms with Crippen LogP contribution in [0.2, 0.25) is 0 Å². The van der Waals surface area contributed by atoms with Gasteiger partial charge >= 0.3 is 0 Å². The van der Waals surface area contributed by atoms with E-state index in [0.29, 0.717) is 12.8 Å². The first-order valence-electron chi connectivity index (χ1n) is 5.82. The molecule has 1 rings (SSSR count). The van der Waals surface area contributed by atoms with Gasteiger partial charge in [0, 0.05) is 39.1 Å². The monoisotopic (exact) mass is 224 g/mol. The average molecular weight is 224 g/mol. The Kier molecular flexibility index (Phi) is 5.23. The molecular formula is C11H20N4O. The number of nitrogens with two attached hydrogens (primary N) is 1. The van der Waals surface area contributed by atoms with Gasteiger partial charge in [-0.15, -0.1) is 0 Å². The number of hydrogen-bond donors (Lipinski definition) is 1. The molecule has 16 heavy (non-hydrogen) atoms. The number of hydrogen-bond acceptors (Lipinski definition) is 4. The molecule has 5 nitrogen and oxygen atoms in total. The standard InChI is InChI=1S/C11H20N4O/c1-2-10(13)11(16)15-8-6-14(7-9-15)5-3-4-12/h10H,2-3,5-9,13H2,1H3/t10-/m1/s1. The summed E-state index contributed by atoms with van der Waals surface area (Å²) in [7, 11) is 0. The lowest BCUT2D eigenvalue weighted by Gasteiger charge is -2.35. The molecule has 1 aliphatic rings. The molecule has 0 bridgehead atoms. The summed E-state index contributed by atoms with van der Waals surface area (Å²) < 4.78 is 0. The van der Waals surface area contributed by atoms with Crippen molar-refractivity contribution in [2.24, 2.45) is 5.73 Å². The number of nitrogens with zero attached hydrogens (tertiary/aromatic N) is 3. The maximum absolute atomic E-state index is 11.8. The predicted molar refractivity (Wildman–Crippen MR) is 61.5 cm³/mol. The van der Waals surface area contributed by atoms with Gasteiger partial charge in [0.2, 0.25) is 5.91 Å². The predicted octanol–water partition coefficient (Wildman–Crippen LogP) is -0.218. The fourth-order valence-electron chi connectivity index (χ4n) is 1.81. The second kappa shape index (κ2) is 6.46. The van der Waals surface area contributed by atoms with Crippen molar-refractivity contribution in [3.05, 3.63) is 0 Å². The van der Waals surface area contributed by atoms with Crippen LogP contribution in [-0.2, 0) is 4.79 Å². The van der Waals surface area contributed by atoms with Crippen molar-refractivity contribution < 1.29 is 4.79 Å². The zero-order valence-corrected chi connectivity index (χ0v) is 9.85. The zero-order chi connectivity index (χ0) is 12.0. The number of amides is 1. The second-order valence-electron chi connectivity index (χ2n) is 4.09. The van der Waals surface area contributed by atoms with Crippen LogP contribution in [0.15, 0.2) is 0 Å². The second-order valence-corrected chi connectivity index (χ2v) is 4.09. The highest BCUT2D eigenvalue weighted by Gasteiger charge is 2.23. The molecule has 0 unspecified atom stereocenters. The summed E-state index contributed by atoms with van der Waals surface area (Å²) in [5.41, 5.74) is 5.71. The number of nitriles is 1. The summed E-state index contributed by atoms with van der Waals surface area (Å²) in [6.45, 7) is 5.90. The molecule has 0 aromatic rings. The molecule has 2 N–H and O–H groups in total. The minimum atomic E-state index is -0.356. The third-order valence-corrected chi connectivity index (χ3v) is 2.98. The van der Waals surface area contributed by atoms with Gasteiger partial charge in [-0.05, 0) is 6.42 Å². The Hall–Kier alpha value is -1.12. The Bertz CT molecular complexity index is 266. The molecule has 0 aromatic heterocycles. The third-order valence-electron chi connectivity index (χ3n) is 2.98. The Morgan fingerprint density at radius 1 is 1.44 bits per heavy atom. The molecule has 0 saturated carbocycles. The zero-order valence-electron chi connectivity index (χ0n) is 9.85. The quantitative estimate of drug-likeness (QED) is 0.716. The number of carbonyl (C=O) groups is 1. The normalized spacial score (nSPS) is 19.2. The summed E-state index contributed by atoms with van der Waals surface area (Å²) in [6, 6.07) is 1.78. The van der Waals surface area contributed by atoms with Gasteiger partial charge in [-0.3, -0.25) is 9.69 Å². The molecule has 1 fully saturated rings. The summed E-state index contributed by atoms with van der Waals surface area (Å²) >= 11 is 0. The third kappa shape index (κ3) is 3.47. The van der Waals surface area contributed by atoms with E-state index in [1.165, 1.54) is 0 Å². The summed E-state index contributed by atoms with van der Waals surface area (Å²) in [5, 5.41) is 8.48. The molecule has 0 radical (unpaired) electrons. The van der Waals surface area contributed by atoms with Crippen molar-refractivity contribution >= 4 is 5.91 Å². The molecule has 1 amide bonds. The Labute approximate surface area is 96.8 Å². The highest BCUT2D eigenvalue weighted by Crippen LogP contribution is 2.05. The molecule has 0 spiro atoms. The SMILES string of the molecule is CC[C@@H](N)C(=O)N1CCN(CCC#N)CC1. The molecule has 0 aliphatic carbocycles. The van der Waals surface area contributed by atoms with Crippen molar-refractivity contribution in [1.29, 1.82) is 5.26 Å². The van der Waals surface area contributed by atoms with Crippen LogP contribution in [0.3, 0.4) is 0 Å². The molecule has 1 heterocycles. The lowest BCUT2D eigenvalue weighted by molar-refractivity contribution is -0.134. The van der Waals surface area contributed by atoms with Gasteiger partial charge in [0.25, 0.3) is 0 Å². The number of piperazine rings is 1. The van der Waals surface area contributed by atoms with Gasteiger partial charge in [0.1, 0.15) is 0 Å². The van der Waals surface area contributed by atoms with E-state index < -0.39 is 0 Å². The van der Waals surface area contributed by atoms with E-state index in [1.54, 1.807) is 0 Å². The Morgan fingerprint density at radius 3 is 2.56 bits per heavy atom. The molecule has 0 aromatic carbocycles. The van der Waals surface area contributed by atoms with Crippen LogP contribution in [-0.4, -0.2) is 54.5 Å². The van der Waals surface area contributed by atoms with E-state index in [2.05, 4.69) is 11.0 Å². The Balaban J connectivity index is 2.32. The molecule has 1 saturated heterocycles. The van der Waals surface area contributed by atoms with Crippen LogP contribution in [0.1, 0.15) is 19.8 Å². The van der Waals surface area contributed by atoms with E-state index in [-0.39, 0.29) is 11.9 Å². The molecule has 1 atom stereocenters. The Morgan fingerprint density at radius 2 is 2.06 bits per heavy atom. The van der Waals surface area contributed by atoms with Gasteiger partial charge in [0.05, 0.1) is 12.1 Å². The number of rotatable bonds is 4. The van der Waals surface area contributed by atoms with Crippen molar-refractivity contribution in [3.63, 3.8) is 0 Å². The molecule has 90 valence electrons. The summed E-state index contributed by atoms with van der Waals surface area (Å²) in [4.78, 5) is 15.8. The van der Waals surface area contributed by atoms with Crippen LogP contribution in [0.5, 0.6) is 0 Å². The van der Waals surface area contributed by atoms with Crippen molar-refractivity contribution in [2.75, 3.05) is 32.7 Å². The largest absolute Gasteiger partial charge is 0.339 e. The van der Waals surface area contributed by atoms with Crippen molar-refractivity contribution in [3.8, 4) is 6.07 Å². The van der Waals surface area contributed by atoms with Crippen molar-refractivity contribution in [1.82, 2.24) is 9.80 Å². The average Bonchev–Trinajstić information content (AvgIpc) is 2.35. The fourth-order valence-corrected chi connectivity index (χ4v) is 1.81. The van der Waals surface area contributed by atoms with Gasteiger partial charge in [-0.1, -0.05) is 6.92 Å². The van der Waals surface area contributed by atoms with Crippen LogP contribution < -0.4 is 5.73 Å². The first-order valence-corrected chi connectivity index (χ1v) is 5.82. The van der Waals surface area contributed by atoms with Gasteiger partial charge < -0.3 is 10.6 Å². The van der Waals surface area contributed by atoms with E-state index >= 15 is 0 Å². The van der Waals surface area contributed by atoms with Crippen molar-refractivity contribution in [2.45, 2.75) is 25.8 Å². The highest BCUT2D eigenvalue weighted by molar-refractivity contribution is 5.81. The van der Waals surface area contributed by atoms with E-state index in [9.17, 15) is 4.79 Å². The van der Waals surface area contributed by atoms with Crippen LogP contribution in [0, 0.1) is 11.3 Å². The molecule has 5 heteroatoms. The summed E-state index contributed by atoms with van der Waals surface area (Å²) in [5.74, 6) is 0.0578. The molecule has 1 aliphatic heterocycles. The fraction of sp³-hybridized carbons (Fsp3) is 0.818. The van der Waals surface area contributed by atoms with Crippen LogP contribution >= 0.6 is 0 Å². The van der Waals surface area contributed by atoms with Crippen LogP contribution in [0.4, 0.5) is 0 Å². The van der Waals surface area contributed by atoms with E-state index in [1.807, 2.05) is 11.8 Å². The highest BCUT2D eigenvalue weighted by atomic mass is 16.2. The lowest BCUT2D eigenvalue weighted by atomic mass is 10.2. The topological polar surface area (TPSA) is 73.4 Å². The minimum Gasteiger partial charge on any atom is -0.339 e. The van der Waals surface area contributed by atoms with Gasteiger partial charge in [-0.25, -0.2) is 0 Å². The van der Waals surface area contributed by atoms with Gasteiger partial charge in [0.15, 0.2) is 0 Å². The van der Waals surface area contributed by atoms with E-state index in [0.717, 1.165) is 32.7 Å². The van der Waals surface area contributed by atoms with E-state index in [4.69, 9.17) is 11.0 Å². The molecular weight excluding hydrogens is 204 g/mol. The summed E-state index contributed by atoms with van der Waals surface area (Å²) in [6.07, 6.45) is 1.25. The maximum Gasteiger partial charge on any atom is 0.239 e. The smallest absolute Gasteiger partial charge is 0.239 e. The van der Waals surface area contributed by atoms with Gasteiger partial charge in [-0.2, -0.15) is 5.26 Å². The first-order chi connectivity index (χ1) is 7.69. The van der Waals surface area contributed by atoms with Crippen LogP contribution in [0.25, 0.3) is 0 Å². The number of carbonyl (C=O) groups excluding carboxylic acids is 1.